The van der Waals surface area contributed by atoms with E-state index in [-0.39, 0.29) is 0 Å². The summed E-state index contributed by atoms with van der Waals surface area (Å²) in [5.74, 6) is 3.56. The number of allylic oxidation sites excluding steroid dienone is 6. The fraction of sp³-hybridized carbons (Fsp3) is 0.619. The van der Waals surface area contributed by atoms with E-state index in [9.17, 15) is 0 Å². The number of hydrogen-bond donors (Lipinski definition) is 0. The lowest BCUT2D eigenvalue weighted by atomic mass is 9.87. The van der Waals surface area contributed by atoms with Gasteiger partial charge in [-0.25, -0.2) is 0 Å². The number of thioether (sulfide) groups is 1. The van der Waals surface area contributed by atoms with Crippen LogP contribution in [0.1, 0.15) is 67.2 Å². The second-order valence-electron chi connectivity index (χ2n) is 6.49. The van der Waals surface area contributed by atoms with Gasteiger partial charge in [0.05, 0.1) is 0 Å². The molecule has 1 aliphatic rings. The lowest BCUT2D eigenvalue weighted by molar-refractivity contribution is 0.488. The van der Waals surface area contributed by atoms with Crippen molar-refractivity contribution < 1.29 is 0 Å². The predicted octanol–water partition coefficient (Wildman–Crippen LogP) is 7.35. The monoisotopic (exact) mass is 320 g/mol. The van der Waals surface area contributed by atoms with Gasteiger partial charge in [-0.3, -0.25) is 0 Å². The minimum Gasteiger partial charge on any atom is -0.162 e. The maximum absolute atomic E-state index is 4.28. The van der Waals surface area contributed by atoms with E-state index < -0.39 is 0 Å². The Morgan fingerprint density at radius 2 is 1.59 bits per heavy atom. The summed E-state index contributed by atoms with van der Waals surface area (Å²) in [6.45, 7) is 20.8. The summed E-state index contributed by atoms with van der Waals surface area (Å²) in [5, 5.41) is 0. The van der Waals surface area contributed by atoms with E-state index in [0.717, 1.165) is 12.3 Å². The maximum Gasteiger partial charge on any atom is -0.00648 e. The first-order valence-electron chi connectivity index (χ1n) is 8.54. The molecule has 0 aromatic carbocycles. The van der Waals surface area contributed by atoms with Gasteiger partial charge in [0.25, 0.3) is 0 Å². The lowest BCUT2D eigenvalue weighted by Crippen LogP contribution is -2.11. The molecule has 0 atom stereocenters. The molecule has 0 nitrogen and oxygen atoms in total. The maximum atomic E-state index is 4.28. The Labute approximate surface area is 143 Å². The topological polar surface area (TPSA) is 0 Å². The van der Waals surface area contributed by atoms with Crippen molar-refractivity contribution in [2.24, 2.45) is 5.92 Å². The van der Waals surface area contributed by atoms with Crippen LogP contribution in [0.3, 0.4) is 0 Å². The van der Waals surface area contributed by atoms with Gasteiger partial charge in [0.2, 0.25) is 0 Å². The first-order chi connectivity index (χ1) is 10.3. The van der Waals surface area contributed by atoms with Crippen molar-refractivity contribution in [1.29, 1.82) is 0 Å². The van der Waals surface area contributed by atoms with E-state index in [2.05, 4.69) is 65.6 Å². The zero-order valence-corrected chi connectivity index (χ0v) is 16.5. The van der Waals surface area contributed by atoms with Crippen LogP contribution in [0.4, 0.5) is 0 Å². The van der Waals surface area contributed by atoms with Crippen LogP contribution in [0, 0.1) is 5.92 Å². The molecule has 0 unspecified atom stereocenters. The molecule has 22 heavy (non-hydrogen) atoms. The van der Waals surface area contributed by atoms with Gasteiger partial charge in [-0.1, -0.05) is 30.7 Å². The highest BCUT2D eigenvalue weighted by atomic mass is 32.2. The molecule has 1 saturated heterocycles. The highest BCUT2D eigenvalue weighted by Crippen LogP contribution is 2.32. The fourth-order valence-corrected chi connectivity index (χ4v) is 3.42. The largest absolute Gasteiger partial charge is 0.162 e. The van der Waals surface area contributed by atoms with E-state index in [4.69, 9.17) is 0 Å². The molecule has 1 rings (SSSR count). The molecule has 1 fully saturated rings. The number of hydrogen-bond acceptors (Lipinski definition) is 1. The van der Waals surface area contributed by atoms with Crippen molar-refractivity contribution in [1.82, 2.24) is 0 Å². The lowest BCUT2D eigenvalue weighted by Gasteiger charge is -2.23. The zero-order chi connectivity index (χ0) is 17.1. The first-order valence-corrected chi connectivity index (χ1v) is 9.69. The summed E-state index contributed by atoms with van der Waals surface area (Å²) in [6, 6.07) is 0. The van der Waals surface area contributed by atoms with Crippen molar-refractivity contribution in [3.05, 3.63) is 47.1 Å². The summed E-state index contributed by atoms with van der Waals surface area (Å²) in [4.78, 5) is 0. The average Bonchev–Trinajstić information content (AvgIpc) is 2.52. The Bertz CT molecular complexity index is 413. The van der Waals surface area contributed by atoms with Gasteiger partial charge >= 0.3 is 0 Å². The van der Waals surface area contributed by atoms with E-state index in [1.807, 2.05) is 6.92 Å². The molecule has 0 N–H and O–H groups in total. The molecule has 0 radical (unpaired) electrons. The van der Waals surface area contributed by atoms with E-state index >= 15 is 0 Å². The van der Waals surface area contributed by atoms with Crippen LogP contribution in [0.2, 0.25) is 0 Å². The smallest absolute Gasteiger partial charge is 0.00648 e. The Hall–Kier alpha value is -0.690. The van der Waals surface area contributed by atoms with Crippen LogP contribution in [0.25, 0.3) is 0 Å². The first kappa shape index (κ1) is 21.3. The summed E-state index contributed by atoms with van der Waals surface area (Å²) in [5.41, 5.74) is 6.72. The second-order valence-corrected chi connectivity index (χ2v) is 7.71. The van der Waals surface area contributed by atoms with E-state index in [0.29, 0.717) is 0 Å². The predicted molar refractivity (Wildman–Crippen MR) is 107 cm³/mol. The van der Waals surface area contributed by atoms with Crippen molar-refractivity contribution >= 4 is 11.8 Å². The van der Waals surface area contributed by atoms with Gasteiger partial charge in [-0.15, -0.1) is 6.58 Å². The Kier molecular flexibility index (Phi) is 11.5. The normalized spacial score (nSPS) is 15.6. The van der Waals surface area contributed by atoms with Crippen LogP contribution in [0.15, 0.2) is 47.1 Å². The summed E-state index contributed by atoms with van der Waals surface area (Å²) >= 11 is 2.10. The molecule has 0 amide bonds. The molecule has 1 heteroatoms. The highest BCUT2D eigenvalue weighted by molar-refractivity contribution is 7.99. The van der Waals surface area contributed by atoms with Crippen molar-refractivity contribution in [3.8, 4) is 0 Å². The molecule has 0 spiro atoms. The van der Waals surface area contributed by atoms with Gasteiger partial charge < -0.3 is 0 Å². The van der Waals surface area contributed by atoms with Crippen molar-refractivity contribution in [2.75, 3.05) is 11.5 Å². The highest BCUT2D eigenvalue weighted by Gasteiger charge is 2.16. The van der Waals surface area contributed by atoms with Crippen LogP contribution < -0.4 is 0 Å². The SMILES string of the molecule is C=C(C(C)=C(C)C)/C(=C\C)CC1CCSCC1.C=C(C)CC. The molecular weight excluding hydrogens is 284 g/mol. The van der Waals surface area contributed by atoms with Gasteiger partial charge in [-0.2, -0.15) is 11.8 Å². The Morgan fingerprint density at radius 1 is 1.09 bits per heavy atom. The van der Waals surface area contributed by atoms with Crippen LogP contribution in [-0.4, -0.2) is 11.5 Å². The Balaban J connectivity index is 0.000000763. The molecule has 0 bridgehead atoms. The molecule has 0 saturated carbocycles. The van der Waals surface area contributed by atoms with Gasteiger partial charge in [0.1, 0.15) is 0 Å². The second kappa shape index (κ2) is 11.8. The van der Waals surface area contributed by atoms with Crippen molar-refractivity contribution in [2.45, 2.75) is 67.2 Å². The van der Waals surface area contributed by atoms with Crippen LogP contribution in [-0.2, 0) is 0 Å². The van der Waals surface area contributed by atoms with Crippen molar-refractivity contribution in [3.63, 3.8) is 0 Å². The molecule has 1 heterocycles. The molecular formula is C21H36S. The average molecular weight is 321 g/mol. The van der Waals surface area contributed by atoms with Gasteiger partial charge in [-0.05, 0) is 94.4 Å². The fourth-order valence-electron chi connectivity index (χ4n) is 2.22. The van der Waals surface area contributed by atoms with Gasteiger partial charge in [0.15, 0.2) is 0 Å². The van der Waals surface area contributed by atoms with Crippen LogP contribution >= 0.6 is 11.8 Å². The molecule has 126 valence electrons. The minimum absolute atomic E-state index is 0.879. The minimum atomic E-state index is 0.879. The third-order valence-corrected chi connectivity index (χ3v) is 5.44. The standard InChI is InChI=1S/C16H26S.C5H10/c1-6-16(14(5)13(4)12(2)3)11-15-7-9-17-10-8-15;1-4-5(2)3/h6,15H,5,7-11H2,1-4H3;2,4H2,1,3H3/b16-6-;. The van der Waals surface area contributed by atoms with E-state index in [1.54, 1.807) is 0 Å². The molecule has 0 aromatic heterocycles. The molecule has 0 aromatic rings. The summed E-state index contributed by atoms with van der Waals surface area (Å²) in [6.07, 6.45) is 7.35. The van der Waals surface area contributed by atoms with Gasteiger partial charge in [0, 0.05) is 0 Å². The quantitative estimate of drug-likeness (QED) is 0.377. The van der Waals surface area contributed by atoms with E-state index in [1.165, 1.54) is 58.6 Å². The molecule has 0 aliphatic carbocycles. The summed E-state index contributed by atoms with van der Waals surface area (Å²) < 4.78 is 0. The third kappa shape index (κ3) is 8.68. The summed E-state index contributed by atoms with van der Waals surface area (Å²) in [7, 11) is 0. The third-order valence-electron chi connectivity index (χ3n) is 4.39. The molecule has 1 aliphatic heterocycles. The zero-order valence-electron chi connectivity index (χ0n) is 15.7. The van der Waals surface area contributed by atoms with Crippen LogP contribution in [0.5, 0.6) is 0 Å². The Morgan fingerprint density at radius 3 is 1.95 bits per heavy atom. The number of rotatable bonds is 5.